The van der Waals surface area contributed by atoms with E-state index in [-0.39, 0.29) is 17.1 Å². The van der Waals surface area contributed by atoms with Crippen molar-refractivity contribution in [1.82, 2.24) is 0 Å². The number of Topliss-reactive ketones (excluding diaryl/α,β-unsaturated/α-hetero) is 1. The second kappa shape index (κ2) is 4.05. The lowest BCUT2D eigenvalue weighted by Crippen LogP contribution is -2.23. The van der Waals surface area contributed by atoms with Gasteiger partial charge in [-0.05, 0) is 11.1 Å². The summed E-state index contributed by atoms with van der Waals surface area (Å²) in [6.07, 6.45) is 0.912. The van der Waals surface area contributed by atoms with Crippen molar-refractivity contribution in [3.63, 3.8) is 0 Å². The number of ketones is 1. The minimum absolute atomic E-state index is 0.118. The standard InChI is InChI=1S/C19H15NO/c20-13-18-12-16(21)11-17(18)19(18,14-7-3-1-4-8-14)15-9-5-2-6-10-15/h1-10,17H,11-12H2/t17-,18-/m1/s1. The number of carbonyl (C=O) groups is 1. The van der Waals surface area contributed by atoms with Gasteiger partial charge < -0.3 is 0 Å². The van der Waals surface area contributed by atoms with Crippen LogP contribution >= 0.6 is 0 Å². The number of hydrogen-bond donors (Lipinski definition) is 0. The normalized spacial score (nSPS) is 28.7. The fraction of sp³-hybridized carbons (Fsp3) is 0.263. The zero-order valence-electron chi connectivity index (χ0n) is 11.6. The first-order valence-electron chi connectivity index (χ1n) is 7.30. The largest absolute Gasteiger partial charge is 0.300 e. The molecule has 0 radical (unpaired) electrons. The summed E-state index contributed by atoms with van der Waals surface area (Å²) >= 11 is 0. The van der Waals surface area contributed by atoms with E-state index in [0.29, 0.717) is 12.8 Å². The van der Waals surface area contributed by atoms with Crippen LogP contribution in [0.15, 0.2) is 60.7 Å². The van der Waals surface area contributed by atoms with Gasteiger partial charge in [0.15, 0.2) is 0 Å². The number of fused-ring (bicyclic) bond motifs is 1. The molecule has 0 bridgehead atoms. The van der Waals surface area contributed by atoms with Crippen LogP contribution < -0.4 is 0 Å². The molecule has 0 heterocycles. The van der Waals surface area contributed by atoms with Crippen LogP contribution in [0.1, 0.15) is 24.0 Å². The third-order valence-corrected chi connectivity index (χ3v) is 5.30. The van der Waals surface area contributed by atoms with Crippen LogP contribution in [0.25, 0.3) is 0 Å². The highest BCUT2D eigenvalue weighted by molar-refractivity contribution is 5.88. The van der Waals surface area contributed by atoms with Crippen LogP contribution in [-0.2, 0) is 10.2 Å². The van der Waals surface area contributed by atoms with E-state index in [9.17, 15) is 10.1 Å². The summed E-state index contributed by atoms with van der Waals surface area (Å²) in [5, 5.41) is 9.84. The van der Waals surface area contributed by atoms with Gasteiger partial charge >= 0.3 is 0 Å². The lowest BCUT2D eigenvalue weighted by molar-refractivity contribution is -0.118. The summed E-state index contributed by atoms with van der Waals surface area (Å²) in [7, 11) is 0. The molecular formula is C19H15NO. The molecule has 2 saturated carbocycles. The summed E-state index contributed by atoms with van der Waals surface area (Å²) in [6.45, 7) is 0. The molecule has 2 atom stereocenters. The maximum atomic E-state index is 11.8. The van der Waals surface area contributed by atoms with Crippen molar-refractivity contribution in [1.29, 1.82) is 5.26 Å². The van der Waals surface area contributed by atoms with Gasteiger partial charge in [0.1, 0.15) is 5.78 Å². The van der Waals surface area contributed by atoms with Crippen molar-refractivity contribution < 1.29 is 4.79 Å². The molecule has 0 aliphatic heterocycles. The van der Waals surface area contributed by atoms with Crippen molar-refractivity contribution in [3.8, 4) is 6.07 Å². The molecule has 2 aromatic carbocycles. The highest BCUT2D eigenvalue weighted by atomic mass is 16.1. The third-order valence-electron chi connectivity index (χ3n) is 5.30. The van der Waals surface area contributed by atoms with Crippen molar-refractivity contribution in [3.05, 3.63) is 71.8 Å². The highest BCUT2D eigenvalue weighted by Crippen LogP contribution is 2.78. The molecule has 2 aromatic rings. The Kier molecular flexibility index (Phi) is 2.38. The van der Waals surface area contributed by atoms with Crippen LogP contribution in [0.5, 0.6) is 0 Å². The average molecular weight is 273 g/mol. The van der Waals surface area contributed by atoms with Crippen molar-refractivity contribution >= 4 is 5.78 Å². The van der Waals surface area contributed by atoms with Crippen LogP contribution in [0.2, 0.25) is 0 Å². The Morgan fingerprint density at radius 1 is 0.952 bits per heavy atom. The van der Waals surface area contributed by atoms with E-state index in [4.69, 9.17) is 0 Å². The second-order valence-corrected chi connectivity index (χ2v) is 6.10. The number of hydrogen-bond acceptors (Lipinski definition) is 2. The molecule has 0 unspecified atom stereocenters. The minimum Gasteiger partial charge on any atom is -0.300 e. The van der Waals surface area contributed by atoms with E-state index < -0.39 is 5.41 Å². The van der Waals surface area contributed by atoms with Crippen molar-refractivity contribution in [2.75, 3.05) is 0 Å². The van der Waals surface area contributed by atoms with Gasteiger partial charge in [-0.2, -0.15) is 5.26 Å². The Labute approximate surface area is 124 Å². The second-order valence-electron chi connectivity index (χ2n) is 6.10. The Morgan fingerprint density at radius 2 is 1.48 bits per heavy atom. The molecule has 4 rings (SSSR count). The topological polar surface area (TPSA) is 40.9 Å². The summed E-state index contributed by atoms with van der Waals surface area (Å²) in [5.74, 6) is 0.344. The van der Waals surface area contributed by atoms with Gasteiger partial charge in [0.2, 0.25) is 0 Å². The van der Waals surface area contributed by atoms with Gasteiger partial charge in [0.25, 0.3) is 0 Å². The molecule has 2 fully saturated rings. The Hall–Kier alpha value is -2.40. The minimum atomic E-state index is -0.549. The molecule has 21 heavy (non-hydrogen) atoms. The molecule has 2 nitrogen and oxygen atoms in total. The molecule has 2 aliphatic rings. The molecule has 102 valence electrons. The Morgan fingerprint density at radius 3 is 1.90 bits per heavy atom. The summed E-state index contributed by atoms with van der Waals surface area (Å²) in [6, 6.07) is 22.9. The maximum Gasteiger partial charge on any atom is 0.134 e. The fourth-order valence-corrected chi connectivity index (χ4v) is 4.51. The number of nitrogens with zero attached hydrogens (tertiary/aromatic N) is 1. The van der Waals surface area contributed by atoms with E-state index in [1.807, 2.05) is 36.4 Å². The van der Waals surface area contributed by atoms with Crippen LogP contribution in [0, 0.1) is 22.7 Å². The molecule has 0 saturated heterocycles. The smallest absolute Gasteiger partial charge is 0.134 e. The summed E-state index contributed by atoms with van der Waals surface area (Å²) in [4.78, 5) is 11.8. The molecule has 2 aliphatic carbocycles. The van der Waals surface area contributed by atoms with Gasteiger partial charge in [-0.15, -0.1) is 0 Å². The van der Waals surface area contributed by atoms with Crippen molar-refractivity contribution in [2.45, 2.75) is 18.3 Å². The first-order chi connectivity index (χ1) is 10.3. The monoisotopic (exact) mass is 273 g/mol. The van der Waals surface area contributed by atoms with E-state index in [1.54, 1.807) is 0 Å². The predicted molar refractivity (Wildman–Crippen MR) is 79.4 cm³/mol. The average Bonchev–Trinajstić information content (AvgIpc) is 2.93. The number of rotatable bonds is 2. The molecule has 0 aromatic heterocycles. The first kappa shape index (κ1) is 12.3. The quantitative estimate of drug-likeness (QED) is 0.840. The predicted octanol–water partition coefficient (Wildman–Crippen LogP) is 3.48. The molecular weight excluding hydrogens is 258 g/mol. The van der Waals surface area contributed by atoms with Gasteiger partial charge in [0.05, 0.1) is 11.5 Å². The van der Waals surface area contributed by atoms with Gasteiger partial charge in [-0.1, -0.05) is 60.7 Å². The molecule has 0 N–H and O–H groups in total. The lowest BCUT2D eigenvalue weighted by atomic mass is 9.77. The zero-order chi connectivity index (χ0) is 14.5. The Bertz CT molecular complexity index is 705. The zero-order valence-corrected chi connectivity index (χ0v) is 11.6. The van der Waals surface area contributed by atoms with Crippen LogP contribution in [-0.4, -0.2) is 5.78 Å². The Balaban J connectivity index is 1.96. The first-order valence-corrected chi connectivity index (χ1v) is 7.30. The SMILES string of the molecule is N#C[C@]12CC(=O)C[C@H]1C2(c1ccccc1)c1ccccc1. The van der Waals surface area contributed by atoms with Gasteiger partial charge in [-0.3, -0.25) is 4.79 Å². The third kappa shape index (κ3) is 1.34. The van der Waals surface area contributed by atoms with Gasteiger partial charge in [0, 0.05) is 24.2 Å². The molecule has 0 spiro atoms. The summed E-state index contributed by atoms with van der Waals surface area (Å²) in [5.41, 5.74) is 1.47. The van der Waals surface area contributed by atoms with Crippen molar-refractivity contribution in [2.24, 2.45) is 11.3 Å². The van der Waals surface area contributed by atoms with E-state index in [1.165, 1.54) is 0 Å². The van der Waals surface area contributed by atoms with Crippen LogP contribution in [0.3, 0.4) is 0 Å². The highest BCUT2D eigenvalue weighted by Gasteiger charge is 2.81. The molecule has 2 heteroatoms. The number of carbonyl (C=O) groups excluding carboxylic acids is 1. The fourth-order valence-electron chi connectivity index (χ4n) is 4.51. The van der Waals surface area contributed by atoms with Crippen LogP contribution in [0.4, 0.5) is 0 Å². The summed E-state index contributed by atoms with van der Waals surface area (Å²) < 4.78 is 0. The number of benzene rings is 2. The maximum absolute atomic E-state index is 11.8. The molecule has 0 amide bonds. The van der Waals surface area contributed by atoms with E-state index in [2.05, 4.69) is 30.3 Å². The lowest BCUT2D eigenvalue weighted by Gasteiger charge is -2.24. The van der Waals surface area contributed by atoms with E-state index >= 15 is 0 Å². The number of nitriles is 1. The van der Waals surface area contributed by atoms with Gasteiger partial charge in [-0.25, -0.2) is 0 Å². The van der Waals surface area contributed by atoms with E-state index in [0.717, 1.165) is 11.1 Å².